The van der Waals surface area contributed by atoms with E-state index in [1.807, 2.05) is 0 Å². The van der Waals surface area contributed by atoms with Crippen molar-refractivity contribution < 1.29 is 22.5 Å². The molecule has 1 aromatic heterocycles. The first kappa shape index (κ1) is 15.9. The summed E-state index contributed by atoms with van der Waals surface area (Å²) in [7, 11) is -3.92. The minimum Gasteiger partial charge on any atom is -0.480 e. The molecule has 0 radical (unpaired) electrons. The van der Waals surface area contributed by atoms with Gasteiger partial charge in [-0.3, -0.25) is 9.78 Å². The van der Waals surface area contributed by atoms with Gasteiger partial charge in [-0.1, -0.05) is 18.2 Å². The Morgan fingerprint density at radius 1 is 1.23 bits per heavy atom. The van der Waals surface area contributed by atoms with Crippen LogP contribution in [0.2, 0.25) is 0 Å². The van der Waals surface area contributed by atoms with Gasteiger partial charge in [0.2, 0.25) is 0 Å². The predicted molar refractivity (Wildman–Crippen MR) is 77.8 cm³/mol. The van der Waals surface area contributed by atoms with Crippen LogP contribution in [0.25, 0.3) is 0 Å². The number of pyridine rings is 1. The van der Waals surface area contributed by atoms with Crippen LogP contribution in [0, 0.1) is 0 Å². The van der Waals surface area contributed by atoms with E-state index in [2.05, 4.69) is 4.98 Å². The van der Waals surface area contributed by atoms with Gasteiger partial charge in [0.15, 0.2) is 5.75 Å². The number of carboxylic acids is 1. The zero-order chi connectivity index (χ0) is 16.2. The maximum Gasteiger partial charge on any atom is 0.339 e. The van der Waals surface area contributed by atoms with Crippen molar-refractivity contribution in [3.8, 4) is 5.75 Å². The van der Waals surface area contributed by atoms with Crippen LogP contribution in [0.1, 0.15) is 5.69 Å². The number of carboxylic acid groups (broad SMARTS) is 1. The first-order valence-electron chi connectivity index (χ1n) is 6.31. The number of aliphatic carboxylic acids is 1. The molecule has 0 aliphatic carbocycles. The van der Waals surface area contributed by atoms with E-state index in [-0.39, 0.29) is 17.1 Å². The Labute approximate surface area is 127 Å². The van der Waals surface area contributed by atoms with Crippen LogP contribution in [-0.4, -0.2) is 30.5 Å². The second-order valence-electron chi connectivity index (χ2n) is 4.48. The van der Waals surface area contributed by atoms with E-state index in [1.165, 1.54) is 30.5 Å². The van der Waals surface area contributed by atoms with E-state index >= 15 is 0 Å². The zero-order valence-electron chi connectivity index (χ0n) is 11.4. The van der Waals surface area contributed by atoms with Gasteiger partial charge in [0.25, 0.3) is 0 Å². The van der Waals surface area contributed by atoms with Crippen molar-refractivity contribution in [2.75, 3.05) is 0 Å². The van der Waals surface area contributed by atoms with Crippen molar-refractivity contribution in [1.29, 1.82) is 0 Å². The lowest BCUT2D eigenvalue weighted by atomic mass is 10.1. The van der Waals surface area contributed by atoms with Crippen LogP contribution in [0.5, 0.6) is 5.75 Å². The van der Waals surface area contributed by atoms with Gasteiger partial charge >= 0.3 is 16.1 Å². The molecule has 0 spiro atoms. The van der Waals surface area contributed by atoms with E-state index in [9.17, 15) is 13.2 Å². The Balaban J connectivity index is 2.10. The molecule has 0 fully saturated rings. The van der Waals surface area contributed by atoms with Gasteiger partial charge in [-0.05, 0) is 24.3 Å². The molecule has 1 aromatic carbocycles. The van der Waals surface area contributed by atoms with Crippen LogP contribution in [0.15, 0.2) is 53.6 Å². The molecule has 1 heterocycles. The highest BCUT2D eigenvalue weighted by atomic mass is 32.2. The van der Waals surface area contributed by atoms with Crippen LogP contribution < -0.4 is 9.92 Å². The topological polar surface area (TPSA) is 120 Å². The number of rotatable bonds is 6. The molecule has 2 rings (SSSR count). The summed E-state index contributed by atoms with van der Waals surface area (Å²) in [6, 6.07) is 9.52. The van der Waals surface area contributed by atoms with Crippen LogP contribution in [0.4, 0.5) is 0 Å². The molecule has 116 valence electrons. The standard InChI is InChI=1S/C14H14N2O5S/c15-13(14(17)18)8-10-6-7-11(9-16-10)21-22(19,20)12-4-2-1-3-5-12/h1-7,9,13H,8,15H2,(H,17,18). The maximum atomic E-state index is 12.0. The Morgan fingerprint density at radius 2 is 1.91 bits per heavy atom. The fraction of sp³-hybridized carbons (Fsp3) is 0.143. The highest BCUT2D eigenvalue weighted by Crippen LogP contribution is 2.17. The highest BCUT2D eigenvalue weighted by Gasteiger charge is 2.17. The van der Waals surface area contributed by atoms with E-state index in [1.54, 1.807) is 18.2 Å². The Kier molecular flexibility index (Phi) is 4.74. The molecule has 2 aromatic rings. The van der Waals surface area contributed by atoms with Crippen LogP contribution in [-0.2, 0) is 21.3 Å². The number of nitrogens with zero attached hydrogens (tertiary/aromatic N) is 1. The first-order valence-corrected chi connectivity index (χ1v) is 7.72. The molecule has 0 bridgehead atoms. The molecule has 7 nitrogen and oxygen atoms in total. The summed E-state index contributed by atoms with van der Waals surface area (Å²) in [6.45, 7) is 0. The van der Waals surface area contributed by atoms with Crippen molar-refractivity contribution >= 4 is 16.1 Å². The predicted octanol–water partition coefficient (Wildman–Crippen LogP) is 0.804. The number of nitrogens with two attached hydrogens (primary N) is 1. The maximum absolute atomic E-state index is 12.0. The van der Waals surface area contributed by atoms with E-state index < -0.39 is 22.1 Å². The third-order valence-electron chi connectivity index (χ3n) is 2.78. The molecule has 0 aliphatic heterocycles. The smallest absolute Gasteiger partial charge is 0.339 e. The average molecular weight is 322 g/mol. The number of hydrogen-bond acceptors (Lipinski definition) is 6. The summed E-state index contributed by atoms with van der Waals surface area (Å²) in [5.41, 5.74) is 5.83. The molecule has 1 atom stereocenters. The summed E-state index contributed by atoms with van der Waals surface area (Å²) in [5.74, 6) is -1.09. The van der Waals surface area contributed by atoms with Crippen molar-refractivity contribution in [2.24, 2.45) is 5.73 Å². The highest BCUT2D eigenvalue weighted by molar-refractivity contribution is 7.87. The number of carbonyl (C=O) groups is 1. The lowest BCUT2D eigenvalue weighted by Crippen LogP contribution is -2.32. The normalized spacial score (nSPS) is 12.6. The summed E-state index contributed by atoms with van der Waals surface area (Å²) < 4.78 is 29.0. The summed E-state index contributed by atoms with van der Waals surface area (Å²) in [5, 5.41) is 8.72. The minimum atomic E-state index is -3.92. The van der Waals surface area contributed by atoms with Crippen LogP contribution in [0.3, 0.4) is 0 Å². The molecule has 1 unspecified atom stereocenters. The molecule has 0 amide bonds. The fourth-order valence-electron chi connectivity index (χ4n) is 1.66. The minimum absolute atomic E-state index is 0.0342. The van der Waals surface area contributed by atoms with Gasteiger partial charge in [0, 0.05) is 12.1 Å². The van der Waals surface area contributed by atoms with Crippen molar-refractivity contribution in [1.82, 2.24) is 4.98 Å². The second kappa shape index (κ2) is 6.54. The number of aromatic nitrogens is 1. The molecule has 0 saturated heterocycles. The molecular weight excluding hydrogens is 308 g/mol. The SMILES string of the molecule is NC(Cc1ccc(OS(=O)(=O)c2ccccc2)cn1)C(=O)O. The fourth-order valence-corrected chi connectivity index (χ4v) is 2.59. The summed E-state index contributed by atoms with van der Waals surface area (Å²) >= 11 is 0. The molecule has 0 aliphatic rings. The van der Waals surface area contributed by atoms with Gasteiger partial charge in [-0.25, -0.2) is 0 Å². The lowest BCUT2D eigenvalue weighted by Gasteiger charge is -2.08. The third-order valence-corrected chi connectivity index (χ3v) is 4.04. The van der Waals surface area contributed by atoms with Gasteiger partial charge in [0.1, 0.15) is 10.9 Å². The molecule has 0 saturated carbocycles. The largest absolute Gasteiger partial charge is 0.480 e. The van der Waals surface area contributed by atoms with E-state index in [0.29, 0.717) is 5.69 Å². The van der Waals surface area contributed by atoms with Crippen molar-refractivity contribution in [3.63, 3.8) is 0 Å². The Hall–Kier alpha value is -2.45. The van der Waals surface area contributed by atoms with Crippen molar-refractivity contribution in [3.05, 3.63) is 54.4 Å². The van der Waals surface area contributed by atoms with Gasteiger partial charge in [-0.15, -0.1) is 0 Å². The van der Waals surface area contributed by atoms with Crippen molar-refractivity contribution in [2.45, 2.75) is 17.4 Å². The Morgan fingerprint density at radius 3 is 2.45 bits per heavy atom. The quantitative estimate of drug-likeness (QED) is 0.755. The van der Waals surface area contributed by atoms with Gasteiger partial charge in [0.05, 0.1) is 6.20 Å². The van der Waals surface area contributed by atoms with Crippen LogP contribution >= 0.6 is 0 Å². The molecular formula is C14H14N2O5S. The van der Waals surface area contributed by atoms with E-state index in [4.69, 9.17) is 15.0 Å². The monoisotopic (exact) mass is 322 g/mol. The Bertz CT molecular complexity index is 745. The van der Waals surface area contributed by atoms with Gasteiger partial charge in [-0.2, -0.15) is 8.42 Å². The zero-order valence-corrected chi connectivity index (χ0v) is 12.2. The number of hydrogen-bond donors (Lipinski definition) is 2. The lowest BCUT2D eigenvalue weighted by molar-refractivity contribution is -0.138. The number of benzene rings is 1. The molecule has 3 N–H and O–H groups in total. The first-order chi connectivity index (χ1) is 10.4. The summed E-state index contributed by atoms with van der Waals surface area (Å²) in [4.78, 5) is 14.6. The third kappa shape index (κ3) is 4.03. The second-order valence-corrected chi connectivity index (χ2v) is 6.03. The van der Waals surface area contributed by atoms with E-state index in [0.717, 1.165) is 0 Å². The summed E-state index contributed by atoms with van der Waals surface area (Å²) in [6.07, 6.45) is 1.26. The molecule has 22 heavy (non-hydrogen) atoms. The van der Waals surface area contributed by atoms with Gasteiger partial charge < -0.3 is 15.0 Å². The molecule has 8 heteroatoms. The average Bonchev–Trinajstić information content (AvgIpc) is 2.50.